The van der Waals surface area contributed by atoms with Crippen LogP contribution in [0.1, 0.15) is 21.3 Å². The molecule has 0 saturated carbocycles. The van der Waals surface area contributed by atoms with Crippen LogP contribution in [-0.4, -0.2) is 15.9 Å². The van der Waals surface area contributed by atoms with Gasteiger partial charge in [-0.15, -0.1) is 18.2 Å². The summed E-state index contributed by atoms with van der Waals surface area (Å²) in [7, 11) is 0. The summed E-state index contributed by atoms with van der Waals surface area (Å²) in [6.07, 6.45) is 1.17. The standard InChI is InChI=1S/C31H18NO.C5H8O2.CH4.Ir/c1-2-9-20(10-3-1)26-19-28(32-27-18-17-21-11-4-5-12-22(21)30(26)27)25-15-8-14-24-23-13-6-7-16-29(23)33-31(24)25;1-4(6)3-5(2)7;;/h1-14,16-19H;3,6H,1-2H3;1H4;/q-1;;;. The number of para-hydroxylation sites is 1. The normalized spacial score (nSPS) is 11.0. The quantitative estimate of drug-likeness (QED) is 0.0852. The maximum Gasteiger partial charge on any atom is 0.155 e. The predicted molar refractivity (Wildman–Crippen MR) is 170 cm³/mol. The number of allylic oxidation sites excluding steroid dienone is 2. The zero-order chi connectivity index (χ0) is 27.6. The smallest absolute Gasteiger partial charge is 0.155 e. The van der Waals surface area contributed by atoms with Gasteiger partial charge in [-0.3, -0.25) is 9.78 Å². The molecular weight excluding hydrogens is 699 g/mol. The van der Waals surface area contributed by atoms with Crippen LogP contribution in [0.3, 0.4) is 0 Å². The number of benzene rings is 5. The number of aliphatic hydroxyl groups is 1. The molecule has 0 amide bonds. The molecule has 2 heterocycles. The molecule has 2 aromatic heterocycles. The van der Waals surface area contributed by atoms with Crippen LogP contribution in [0.2, 0.25) is 0 Å². The summed E-state index contributed by atoms with van der Waals surface area (Å²) in [6.45, 7) is 2.85. The topological polar surface area (TPSA) is 63.3 Å². The number of fused-ring (bicyclic) bond motifs is 6. The van der Waals surface area contributed by atoms with Gasteiger partial charge in [0.25, 0.3) is 0 Å². The monoisotopic (exact) mass is 729 g/mol. The van der Waals surface area contributed by atoms with Gasteiger partial charge in [0.2, 0.25) is 0 Å². The van der Waals surface area contributed by atoms with Gasteiger partial charge in [0.1, 0.15) is 5.58 Å². The van der Waals surface area contributed by atoms with Crippen molar-refractivity contribution in [3.63, 3.8) is 0 Å². The summed E-state index contributed by atoms with van der Waals surface area (Å²) < 4.78 is 6.29. The first-order chi connectivity index (χ1) is 19.5. The van der Waals surface area contributed by atoms with Crippen LogP contribution < -0.4 is 0 Å². The molecule has 0 bridgehead atoms. The molecule has 211 valence electrons. The molecule has 0 aliphatic carbocycles. The molecule has 0 saturated heterocycles. The number of nitrogens with zero attached hydrogens (tertiary/aromatic N) is 1. The second-order valence-corrected chi connectivity index (χ2v) is 9.69. The molecule has 1 N–H and O–H groups in total. The Bertz CT molecular complexity index is 2060. The van der Waals surface area contributed by atoms with Crippen LogP contribution in [0.25, 0.3) is 66.0 Å². The zero-order valence-corrected chi connectivity index (χ0v) is 24.9. The predicted octanol–water partition coefficient (Wildman–Crippen LogP) is 10.1. The minimum Gasteiger partial charge on any atom is -0.512 e. The van der Waals surface area contributed by atoms with E-state index >= 15 is 0 Å². The molecule has 7 rings (SSSR count). The van der Waals surface area contributed by atoms with Gasteiger partial charge in [-0.1, -0.05) is 103 Å². The average Bonchev–Trinajstić information content (AvgIpc) is 3.35. The first-order valence-electron chi connectivity index (χ1n) is 13.1. The Labute approximate surface area is 258 Å². The van der Waals surface area contributed by atoms with Crippen LogP contribution in [0.4, 0.5) is 0 Å². The van der Waals surface area contributed by atoms with Crippen molar-refractivity contribution in [1.29, 1.82) is 0 Å². The average molecular weight is 729 g/mol. The molecule has 1 radical (unpaired) electrons. The van der Waals surface area contributed by atoms with E-state index in [0.717, 1.165) is 44.3 Å². The van der Waals surface area contributed by atoms with Gasteiger partial charge in [0.15, 0.2) is 5.78 Å². The van der Waals surface area contributed by atoms with E-state index in [1.807, 2.05) is 24.3 Å². The van der Waals surface area contributed by atoms with E-state index in [1.54, 1.807) is 0 Å². The molecular formula is C37H30IrNO3-. The van der Waals surface area contributed by atoms with Crippen molar-refractivity contribution < 1.29 is 34.4 Å². The van der Waals surface area contributed by atoms with Gasteiger partial charge in [0.05, 0.1) is 16.9 Å². The summed E-state index contributed by atoms with van der Waals surface area (Å²) in [4.78, 5) is 15.1. The first-order valence-corrected chi connectivity index (χ1v) is 13.1. The Hall–Kier alpha value is -4.57. The molecule has 0 fully saturated rings. The molecule has 0 aliphatic heterocycles. The molecule has 0 atom stereocenters. The van der Waals surface area contributed by atoms with Crippen LogP contribution in [0.15, 0.2) is 125 Å². The molecule has 0 unspecified atom stereocenters. The van der Waals surface area contributed by atoms with Crippen molar-refractivity contribution in [2.75, 3.05) is 0 Å². The number of hydrogen-bond donors (Lipinski definition) is 1. The number of furan rings is 1. The molecule has 4 nitrogen and oxygen atoms in total. The number of ketones is 1. The molecule has 5 heteroatoms. The number of aromatic nitrogens is 1. The fraction of sp³-hybridized carbons (Fsp3) is 0.0811. The number of rotatable bonds is 3. The van der Waals surface area contributed by atoms with Gasteiger partial charge in [0, 0.05) is 37.0 Å². The van der Waals surface area contributed by atoms with Gasteiger partial charge in [-0.25, -0.2) is 0 Å². The fourth-order valence-electron chi connectivity index (χ4n) is 5.16. The second-order valence-electron chi connectivity index (χ2n) is 9.69. The van der Waals surface area contributed by atoms with Crippen molar-refractivity contribution in [2.24, 2.45) is 0 Å². The van der Waals surface area contributed by atoms with Gasteiger partial charge >= 0.3 is 0 Å². The number of carbonyl (C=O) groups excluding carboxylic acids is 1. The number of aliphatic hydroxyl groups excluding tert-OH is 1. The zero-order valence-electron chi connectivity index (χ0n) is 22.5. The number of hydrogen-bond acceptors (Lipinski definition) is 4. The minimum absolute atomic E-state index is 0. The van der Waals surface area contributed by atoms with E-state index in [9.17, 15) is 4.79 Å². The summed E-state index contributed by atoms with van der Waals surface area (Å²) >= 11 is 0. The first kappa shape index (κ1) is 30.4. The fourth-order valence-corrected chi connectivity index (χ4v) is 5.16. The third-order valence-corrected chi connectivity index (χ3v) is 6.79. The summed E-state index contributed by atoms with van der Waals surface area (Å²) in [5.41, 5.74) is 6.74. The maximum atomic E-state index is 10.0. The third kappa shape index (κ3) is 5.89. The second kappa shape index (κ2) is 12.9. The van der Waals surface area contributed by atoms with Gasteiger partial charge in [-0.2, -0.15) is 0 Å². The number of carbonyl (C=O) groups is 1. The van der Waals surface area contributed by atoms with Crippen LogP contribution >= 0.6 is 0 Å². The van der Waals surface area contributed by atoms with Crippen molar-refractivity contribution in [2.45, 2.75) is 21.3 Å². The third-order valence-electron chi connectivity index (χ3n) is 6.79. The Balaban J connectivity index is 0.000000405. The Morgan fingerprint density at radius 1 is 0.833 bits per heavy atom. The molecule has 7 aromatic rings. The van der Waals surface area contributed by atoms with E-state index in [-0.39, 0.29) is 39.1 Å². The van der Waals surface area contributed by atoms with E-state index in [0.29, 0.717) is 0 Å². The summed E-state index contributed by atoms with van der Waals surface area (Å²) in [5, 5.41) is 14.1. The van der Waals surface area contributed by atoms with E-state index < -0.39 is 0 Å². The van der Waals surface area contributed by atoms with E-state index in [4.69, 9.17) is 14.5 Å². The summed E-state index contributed by atoms with van der Waals surface area (Å²) in [5.74, 6) is -0.0625. The van der Waals surface area contributed by atoms with Crippen LogP contribution in [0.5, 0.6) is 0 Å². The number of pyridine rings is 1. The summed E-state index contributed by atoms with van der Waals surface area (Å²) in [6, 6.07) is 41.1. The van der Waals surface area contributed by atoms with E-state index in [1.165, 1.54) is 41.6 Å². The molecule has 5 aromatic carbocycles. The molecule has 0 spiro atoms. The SMILES string of the molecule is C.CC(=O)C=C(C)O.[Ir].[c-]1ccc2c(oc3ccccc32)c1-c1cc(-c2ccccc2)c2c(ccc3ccccc32)n1. The maximum absolute atomic E-state index is 10.0. The van der Waals surface area contributed by atoms with Gasteiger partial charge in [-0.05, 0) is 53.6 Å². The Morgan fingerprint density at radius 3 is 2.24 bits per heavy atom. The molecule has 0 aliphatic rings. The van der Waals surface area contributed by atoms with Crippen molar-refractivity contribution in [3.05, 3.63) is 127 Å². The van der Waals surface area contributed by atoms with Crippen LogP contribution in [0, 0.1) is 6.07 Å². The van der Waals surface area contributed by atoms with Crippen molar-refractivity contribution >= 4 is 49.4 Å². The van der Waals surface area contributed by atoms with E-state index in [2.05, 4.69) is 91.0 Å². The van der Waals surface area contributed by atoms with Gasteiger partial charge < -0.3 is 9.52 Å². The van der Waals surface area contributed by atoms with Crippen LogP contribution in [-0.2, 0) is 24.9 Å². The minimum atomic E-state index is -0.125. The Kier molecular flexibility index (Phi) is 9.37. The largest absolute Gasteiger partial charge is 0.512 e. The Morgan fingerprint density at radius 2 is 1.52 bits per heavy atom. The molecule has 42 heavy (non-hydrogen) atoms. The van der Waals surface area contributed by atoms with Crippen molar-refractivity contribution in [1.82, 2.24) is 4.98 Å². The van der Waals surface area contributed by atoms with Crippen molar-refractivity contribution in [3.8, 4) is 22.4 Å².